The Labute approximate surface area is 287 Å². The zero-order chi connectivity index (χ0) is 33.0. The van der Waals surface area contributed by atoms with E-state index >= 15 is 0 Å². The highest BCUT2D eigenvalue weighted by molar-refractivity contribution is 6.09. The van der Waals surface area contributed by atoms with Crippen molar-refractivity contribution in [1.29, 1.82) is 0 Å². The molecule has 4 heterocycles. The Morgan fingerprint density at radius 1 is 0.320 bits per heavy atom. The van der Waals surface area contributed by atoms with Crippen LogP contribution in [0.3, 0.4) is 0 Å². The molecule has 10 rings (SSSR count). The Hall–Kier alpha value is -6.92. The molecule has 6 nitrogen and oxygen atoms in total. The summed E-state index contributed by atoms with van der Waals surface area (Å²) in [5.74, 6) is 1.81. The molecule has 6 heteroatoms. The molecule has 0 saturated carbocycles. The third-order valence-corrected chi connectivity index (χ3v) is 9.41. The fourth-order valence-electron chi connectivity index (χ4n) is 7.08. The van der Waals surface area contributed by atoms with Crippen LogP contribution in [0.25, 0.3) is 89.4 Å². The second-order valence-corrected chi connectivity index (χ2v) is 12.4. The second-order valence-electron chi connectivity index (χ2n) is 12.4. The van der Waals surface area contributed by atoms with Crippen LogP contribution in [-0.2, 0) is 0 Å². The molecule has 50 heavy (non-hydrogen) atoms. The summed E-state index contributed by atoms with van der Waals surface area (Å²) in [6, 6.07) is 58.5. The first-order chi connectivity index (χ1) is 24.8. The van der Waals surface area contributed by atoms with Crippen LogP contribution in [-0.4, -0.2) is 29.1 Å². The maximum atomic E-state index is 5.20. The number of rotatable bonds is 5. The molecule has 0 bridgehead atoms. The van der Waals surface area contributed by atoms with E-state index in [1.807, 2.05) is 48.5 Å². The fraction of sp³-hybridized carbons (Fsp3) is 0. The highest BCUT2D eigenvalue weighted by Gasteiger charge is 2.19. The van der Waals surface area contributed by atoms with Crippen LogP contribution >= 0.6 is 0 Å². The topological polar surface area (TPSA) is 61.4 Å². The van der Waals surface area contributed by atoms with Crippen LogP contribution in [0.5, 0.6) is 0 Å². The monoisotopic (exact) mass is 640 g/mol. The van der Waals surface area contributed by atoms with E-state index in [0.717, 1.165) is 66.4 Å². The number of pyridine rings is 1. The number of hydrogen-bond acceptors (Lipinski definition) is 4. The zero-order valence-electron chi connectivity index (χ0n) is 26.8. The lowest BCUT2D eigenvalue weighted by atomic mass is 10.1. The molecule has 0 unspecified atom stereocenters. The van der Waals surface area contributed by atoms with Crippen LogP contribution in [0.4, 0.5) is 0 Å². The molecule has 0 fully saturated rings. The largest absolute Gasteiger partial charge is 0.294 e. The number of benzene rings is 6. The smallest absolute Gasteiger partial charge is 0.238 e. The summed E-state index contributed by atoms with van der Waals surface area (Å²) in [6.07, 6.45) is 0. The van der Waals surface area contributed by atoms with Crippen LogP contribution in [0, 0.1) is 0 Å². The first-order valence-corrected chi connectivity index (χ1v) is 16.7. The van der Waals surface area contributed by atoms with Crippen molar-refractivity contribution in [3.8, 4) is 45.7 Å². The predicted molar refractivity (Wildman–Crippen MR) is 203 cm³/mol. The molecular formula is C44H28N6. The maximum Gasteiger partial charge on any atom is 0.238 e. The van der Waals surface area contributed by atoms with Crippen molar-refractivity contribution in [3.05, 3.63) is 170 Å². The van der Waals surface area contributed by atoms with E-state index in [1.54, 1.807) is 0 Å². The predicted octanol–water partition coefficient (Wildman–Crippen LogP) is 10.5. The Kier molecular flexibility index (Phi) is 6.39. The Bertz CT molecular complexity index is 2800. The SMILES string of the molecule is c1ccc(-c2ccc3c4ccccc4n(-c4ccc(-c5nc(-c6ccccc6)nc(-n6c7ccccc7c7ccccc76)n5)cc4)c3n2)cc1. The summed E-state index contributed by atoms with van der Waals surface area (Å²) < 4.78 is 4.39. The number of para-hydroxylation sites is 3. The standard InChI is InChI=1S/C44H28N6/c1-3-13-29(14-4-1)37-28-27-36-35-19-9-10-20-38(35)49(43(36)45-37)32-25-23-31(24-26-32)42-46-41(30-15-5-2-6-16-30)47-44(48-42)50-39-21-11-7-17-33(39)34-18-8-12-22-40(34)50/h1-28H. The van der Waals surface area contributed by atoms with Gasteiger partial charge in [-0.1, -0.05) is 115 Å². The first-order valence-electron chi connectivity index (χ1n) is 16.7. The van der Waals surface area contributed by atoms with Crippen LogP contribution in [0.1, 0.15) is 0 Å². The summed E-state index contributed by atoms with van der Waals surface area (Å²) >= 11 is 0. The lowest BCUT2D eigenvalue weighted by Gasteiger charge is -2.12. The van der Waals surface area contributed by atoms with E-state index in [-0.39, 0.29) is 0 Å². The zero-order valence-corrected chi connectivity index (χ0v) is 26.8. The Morgan fingerprint density at radius 3 is 1.40 bits per heavy atom. The maximum absolute atomic E-state index is 5.20. The molecule has 10 aromatic rings. The van der Waals surface area contributed by atoms with Crippen molar-refractivity contribution in [2.75, 3.05) is 0 Å². The van der Waals surface area contributed by atoms with E-state index in [9.17, 15) is 0 Å². The van der Waals surface area contributed by atoms with Gasteiger partial charge in [-0.05, 0) is 54.6 Å². The Balaban J connectivity index is 1.15. The van der Waals surface area contributed by atoms with Crippen molar-refractivity contribution < 1.29 is 0 Å². The van der Waals surface area contributed by atoms with Crippen LogP contribution in [0.15, 0.2) is 170 Å². The summed E-state index contributed by atoms with van der Waals surface area (Å²) in [5, 5.41) is 4.60. The number of nitrogens with zero attached hydrogens (tertiary/aromatic N) is 6. The van der Waals surface area contributed by atoms with Gasteiger partial charge in [-0.25, -0.2) is 9.97 Å². The lowest BCUT2D eigenvalue weighted by Crippen LogP contribution is -2.06. The van der Waals surface area contributed by atoms with Crippen molar-refractivity contribution in [3.63, 3.8) is 0 Å². The molecule has 0 aliphatic heterocycles. The minimum Gasteiger partial charge on any atom is -0.294 e. The summed E-state index contributed by atoms with van der Waals surface area (Å²) in [5.41, 5.74) is 8.99. The fourth-order valence-corrected chi connectivity index (χ4v) is 7.08. The lowest BCUT2D eigenvalue weighted by molar-refractivity contribution is 0.953. The third-order valence-electron chi connectivity index (χ3n) is 9.41. The molecule has 0 atom stereocenters. The second kappa shape index (κ2) is 11.4. The van der Waals surface area contributed by atoms with Gasteiger partial charge in [0.15, 0.2) is 11.6 Å². The van der Waals surface area contributed by atoms with Crippen LogP contribution < -0.4 is 0 Å². The average Bonchev–Trinajstić information content (AvgIpc) is 3.71. The molecule has 0 N–H and O–H groups in total. The van der Waals surface area contributed by atoms with Gasteiger partial charge >= 0.3 is 0 Å². The molecule has 0 amide bonds. The molecule has 6 aromatic carbocycles. The van der Waals surface area contributed by atoms with Gasteiger partial charge in [0.2, 0.25) is 5.95 Å². The molecule has 234 valence electrons. The first kappa shape index (κ1) is 28.1. The van der Waals surface area contributed by atoms with E-state index in [2.05, 4.69) is 130 Å². The van der Waals surface area contributed by atoms with Crippen molar-refractivity contribution in [1.82, 2.24) is 29.1 Å². The van der Waals surface area contributed by atoms with Crippen molar-refractivity contribution in [2.45, 2.75) is 0 Å². The molecule has 4 aromatic heterocycles. The number of hydrogen-bond donors (Lipinski definition) is 0. The molecule has 0 aliphatic rings. The van der Waals surface area contributed by atoms with Crippen molar-refractivity contribution in [2.24, 2.45) is 0 Å². The third kappa shape index (κ3) is 4.50. The molecule has 0 aliphatic carbocycles. The van der Waals surface area contributed by atoms with Gasteiger partial charge in [0.1, 0.15) is 5.65 Å². The van der Waals surface area contributed by atoms with Gasteiger partial charge in [-0.2, -0.15) is 9.97 Å². The molecule has 0 saturated heterocycles. The molecular weight excluding hydrogens is 613 g/mol. The van der Waals surface area contributed by atoms with Gasteiger partial charge in [0.05, 0.1) is 22.2 Å². The quantitative estimate of drug-likeness (QED) is 0.188. The van der Waals surface area contributed by atoms with Gasteiger partial charge in [-0.3, -0.25) is 9.13 Å². The van der Waals surface area contributed by atoms with E-state index in [0.29, 0.717) is 17.6 Å². The van der Waals surface area contributed by atoms with Crippen LogP contribution in [0.2, 0.25) is 0 Å². The highest BCUT2D eigenvalue weighted by atomic mass is 15.2. The van der Waals surface area contributed by atoms with Gasteiger partial charge < -0.3 is 0 Å². The number of aromatic nitrogens is 6. The minimum atomic E-state index is 0.579. The Morgan fingerprint density at radius 2 is 0.800 bits per heavy atom. The highest BCUT2D eigenvalue weighted by Crippen LogP contribution is 2.35. The van der Waals surface area contributed by atoms with Gasteiger partial charge in [0, 0.05) is 43.9 Å². The van der Waals surface area contributed by atoms with Crippen molar-refractivity contribution >= 4 is 43.7 Å². The molecule has 0 spiro atoms. The number of fused-ring (bicyclic) bond motifs is 6. The normalized spacial score (nSPS) is 11.6. The van der Waals surface area contributed by atoms with E-state index < -0.39 is 0 Å². The van der Waals surface area contributed by atoms with Gasteiger partial charge in [-0.15, -0.1) is 0 Å². The summed E-state index contributed by atoms with van der Waals surface area (Å²) in [6.45, 7) is 0. The minimum absolute atomic E-state index is 0.579. The van der Waals surface area contributed by atoms with E-state index in [4.69, 9.17) is 19.9 Å². The molecule has 0 radical (unpaired) electrons. The van der Waals surface area contributed by atoms with Gasteiger partial charge in [0.25, 0.3) is 0 Å². The average molecular weight is 641 g/mol. The summed E-state index contributed by atoms with van der Waals surface area (Å²) in [7, 11) is 0. The van der Waals surface area contributed by atoms with E-state index in [1.165, 1.54) is 5.39 Å². The summed E-state index contributed by atoms with van der Waals surface area (Å²) in [4.78, 5) is 20.4.